The van der Waals surface area contributed by atoms with E-state index in [1.54, 1.807) is 0 Å². The van der Waals surface area contributed by atoms with E-state index >= 15 is 0 Å². The minimum Gasteiger partial charge on any atom is -0.508 e. The summed E-state index contributed by atoms with van der Waals surface area (Å²) >= 11 is 0. The first-order valence-corrected chi connectivity index (χ1v) is 10.3. The molecule has 6 N–H and O–H groups in total. The SMILES string of the molecule is CC(=O)c1ccc(O)c2c1CC1C[C@H]3[C@H](N(C)C)C(=O)C(C(N)=O)=C(O)[C@@]3(O)C(=O)C1=C2O. The van der Waals surface area contributed by atoms with Crippen molar-refractivity contribution in [3.05, 3.63) is 45.7 Å². The molecule has 4 rings (SSSR count). The zero-order valence-electron chi connectivity index (χ0n) is 18.2. The summed E-state index contributed by atoms with van der Waals surface area (Å²) in [7, 11) is 3.05. The molecule has 4 atom stereocenters. The molecule has 0 radical (unpaired) electrons. The lowest BCUT2D eigenvalue weighted by Crippen LogP contribution is -2.65. The molecular weight excluding hydrogens is 432 g/mol. The molecule has 33 heavy (non-hydrogen) atoms. The summed E-state index contributed by atoms with van der Waals surface area (Å²) in [6, 6.07) is 1.50. The number of fused-ring (bicyclic) bond motifs is 3. The third kappa shape index (κ3) is 2.87. The van der Waals surface area contributed by atoms with E-state index in [4.69, 9.17) is 5.73 Å². The Morgan fingerprint density at radius 1 is 1.15 bits per heavy atom. The summed E-state index contributed by atoms with van der Waals surface area (Å²) < 4.78 is 0. The van der Waals surface area contributed by atoms with Gasteiger partial charge in [0.25, 0.3) is 5.91 Å². The highest BCUT2D eigenvalue weighted by Crippen LogP contribution is 2.52. The van der Waals surface area contributed by atoms with Crippen molar-refractivity contribution in [2.45, 2.75) is 31.4 Å². The Labute approximate surface area is 188 Å². The van der Waals surface area contributed by atoms with Gasteiger partial charge in [-0.1, -0.05) is 0 Å². The number of amides is 1. The van der Waals surface area contributed by atoms with Crippen LogP contribution >= 0.6 is 0 Å². The molecule has 10 heteroatoms. The van der Waals surface area contributed by atoms with E-state index in [9.17, 15) is 39.6 Å². The number of rotatable bonds is 3. The summed E-state index contributed by atoms with van der Waals surface area (Å²) in [5, 5.41) is 43.6. The average Bonchev–Trinajstić information content (AvgIpc) is 2.70. The first-order valence-electron chi connectivity index (χ1n) is 10.3. The van der Waals surface area contributed by atoms with E-state index in [1.165, 1.54) is 38.1 Å². The van der Waals surface area contributed by atoms with Crippen LogP contribution < -0.4 is 5.73 Å². The Hall–Kier alpha value is -3.50. The fraction of sp³-hybridized carbons (Fsp3) is 0.391. The largest absolute Gasteiger partial charge is 0.508 e. The minimum absolute atomic E-state index is 0.0290. The van der Waals surface area contributed by atoms with Crippen molar-refractivity contribution in [1.82, 2.24) is 4.90 Å². The lowest BCUT2D eigenvalue weighted by atomic mass is 9.57. The molecule has 1 unspecified atom stereocenters. The molecule has 0 aromatic heterocycles. The molecule has 1 aromatic rings. The van der Waals surface area contributed by atoms with Crippen molar-refractivity contribution in [3.8, 4) is 5.75 Å². The van der Waals surface area contributed by atoms with Crippen LogP contribution in [-0.4, -0.2) is 74.3 Å². The number of primary amides is 1. The van der Waals surface area contributed by atoms with E-state index < -0.39 is 58.0 Å². The Bertz CT molecular complexity index is 1210. The Morgan fingerprint density at radius 2 is 1.79 bits per heavy atom. The number of ketones is 3. The maximum absolute atomic E-state index is 13.6. The predicted molar refractivity (Wildman–Crippen MR) is 114 cm³/mol. The van der Waals surface area contributed by atoms with Gasteiger partial charge in [-0.25, -0.2) is 0 Å². The van der Waals surface area contributed by atoms with Gasteiger partial charge in [-0.2, -0.15) is 0 Å². The number of carbonyl (C=O) groups is 4. The summed E-state index contributed by atoms with van der Waals surface area (Å²) in [4.78, 5) is 52.2. The smallest absolute Gasteiger partial charge is 0.255 e. The molecule has 3 aliphatic rings. The van der Waals surface area contributed by atoms with Crippen LogP contribution in [0.3, 0.4) is 0 Å². The van der Waals surface area contributed by atoms with Crippen molar-refractivity contribution >= 4 is 29.0 Å². The zero-order chi connectivity index (χ0) is 24.6. The third-order valence-corrected chi connectivity index (χ3v) is 6.98. The molecule has 3 aliphatic carbocycles. The van der Waals surface area contributed by atoms with Crippen LogP contribution in [0.25, 0.3) is 5.76 Å². The van der Waals surface area contributed by atoms with Gasteiger partial charge in [0.2, 0.25) is 5.78 Å². The van der Waals surface area contributed by atoms with Crippen LogP contribution in [0, 0.1) is 11.8 Å². The minimum atomic E-state index is -2.68. The standard InChI is InChI=1S/C23H24N2O8/c1-8(26)10-4-5-13(27)15-11(10)6-9-7-12-17(25(2)3)19(29)16(22(24)32)21(31)23(12,33)20(30)14(9)18(15)28/h4-5,9,12,17,27-28,31,33H,6-7H2,1-3H3,(H2,24,32)/t9?,12-,17-,23-/m0/s1. The van der Waals surface area contributed by atoms with Crippen molar-refractivity contribution in [3.63, 3.8) is 0 Å². The maximum atomic E-state index is 13.6. The van der Waals surface area contributed by atoms with Crippen LogP contribution in [0.2, 0.25) is 0 Å². The highest BCUT2D eigenvalue weighted by atomic mass is 16.3. The Kier molecular flexibility index (Phi) is 4.99. The number of aromatic hydroxyl groups is 1. The van der Waals surface area contributed by atoms with Gasteiger partial charge in [-0.15, -0.1) is 0 Å². The lowest BCUT2D eigenvalue weighted by Gasteiger charge is -2.50. The number of hydrogen-bond acceptors (Lipinski definition) is 9. The van der Waals surface area contributed by atoms with E-state index in [0.717, 1.165) is 0 Å². The number of phenols is 1. The molecule has 0 spiro atoms. The molecular formula is C23H24N2O8. The van der Waals surface area contributed by atoms with Crippen molar-refractivity contribution < 1.29 is 39.6 Å². The Balaban J connectivity index is 2.00. The monoisotopic (exact) mass is 456 g/mol. The predicted octanol–water partition coefficient (Wildman–Crippen LogP) is 0.167. The Morgan fingerprint density at radius 3 is 2.33 bits per heavy atom. The molecule has 1 saturated carbocycles. The molecule has 1 amide bonds. The van der Waals surface area contributed by atoms with Gasteiger partial charge in [-0.05, 0) is 57.5 Å². The first kappa shape index (κ1) is 22.7. The highest BCUT2D eigenvalue weighted by Gasteiger charge is 2.64. The van der Waals surface area contributed by atoms with Crippen molar-refractivity contribution in [2.24, 2.45) is 17.6 Å². The zero-order valence-corrected chi connectivity index (χ0v) is 18.2. The number of likely N-dealkylation sites (N-methyl/N-ethyl adjacent to an activating group) is 1. The van der Waals surface area contributed by atoms with Gasteiger partial charge in [0, 0.05) is 17.1 Å². The molecule has 0 aliphatic heterocycles. The van der Waals surface area contributed by atoms with Gasteiger partial charge in [0.05, 0.1) is 11.6 Å². The maximum Gasteiger partial charge on any atom is 0.255 e. The van der Waals surface area contributed by atoms with Gasteiger partial charge in [0.1, 0.15) is 22.8 Å². The first-order chi connectivity index (χ1) is 15.3. The number of carbonyl (C=O) groups excluding carboxylic acids is 4. The second-order valence-corrected chi connectivity index (χ2v) is 9.00. The van der Waals surface area contributed by atoms with Crippen LogP contribution in [-0.2, 0) is 20.8 Å². The fourth-order valence-electron chi connectivity index (χ4n) is 5.57. The van der Waals surface area contributed by atoms with E-state index in [2.05, 4.69) is 0 Å². The number of benzene rings is 1. The molecule has 0 saturated heterocycles. The lowest BCUT2D eigenvalue weighted by molar-refractivity contribution is -0.153. The van der Waals surface area contributed by atoms with Crippen molar-refractivity contribution in [1.29, 1.82) is 0 Å². The molecule has 1 fully saturated rings. The van der Waals surface area contributed by atoms with Gasteiger partial charge in [0.15, 0.2) is 17.2 Å². The van der Waals surface area contributed by atoms with Gasteiger partial charge in [-0.3, -0.25) is 24.1 Å². The molecule has 10 nitrogen and oxygen atoms in total. The van der Waals surface area contributed by atoms with Crippen LogP contribution in [0.4, 0.5) is 0 Å². The topological polar surface area (TPSA) is 178 Å². The quantitative estimate of drug-likeness (QED) is 0.313. The molecule has 0 bridgehead atoms. The van der Waals surface area contributed by atoms with Crippen LogP contribution in [0.15, 0.2) is 29.0 Å². The third-order valence-electron chi connectivity index (χ3n) is 6.98. The van der Waals surface area contributed by atoms with Gasteiger partial charge < -0.3 is 26.2 Å². The van der Waals surface area contributed by atoms with E-state index in [-0.39, 0.29) is 41.1 Å². The fourth-order valence-corrected chi connectivity index (χ4v) is 5.57. The summed E-state index contributed by atoms with van der Waals surface area (Å²) in [6.45, 7) is 1.34. The number of nitrogens with two attached hydrogens (primary N) is 1. The van der Waals surface area contributed by atoms with Gasteiger partial charge >= 0.3 is 0 Å². The summed E-state index contributed by atoms with van der Waals surface area (Å²) in [5.41, 5.74) is 2.01. The summed E-state index contributed by atoms with van der Waals surface area (Å²) in [6.07, 6.45) is 0.0522. The second-order valence-electron chi connectivity index (χ2n) is 9.00. The molecule has 1 aromatic carbocycles. The number of nitrogens with zero attached hydrogens (tertiary/aromatic N) is 1. The summed E-state index contributed by atoms with van der Waals surface area (Å²) in [5.74, 6) is -7.48. The van der Waals surface area contributed by atoms with Crippen LogP contribution in [0.5, 0.6) is 5.75 Å². The second kappa shape index (κ2) is 7.26. The number of phenolic OH excluding ortho intramolecular Hbond substituents is 1. The molecule has 174 valence electrons. The average molecular weight is 456 g/mol. The number of hydrogen-bond donors (Lipinski definition) is 5. The van der Waals surface area contributed by atoms with Crippen LogP contribution in [0.1, 0.15) is 34.8 Å². The van der Waals surface area contributed by atoms with E-state index in [1.807, 2.05) is 0 Å². The molecule has 0 heterocycles. The van der Waals surface area contributed by atoms with E-state index in [0.29, 0.717) is 5.56 Å². The number of Topliss-reactive ketones (excluding diaryl/α,β-unsaturated/α-hetero) is 3. The van der Waals surface area contributed by atoms with Crippen molar-refractivity contribution in [2.75, 3.05) is 14.1 Å². The number of aliphatic hydroxyl groups is 3. The number of aliphatic hydroxyl groups excluding tert-OH is 2. The highest BCUT2D eigenvalue weighted by molar-refractivity contribution is 6.24. The normalized spacial score (nSPS) is 29.1.